The lowest BCUT2D eigenvalue weighted by molar-refractivity contribution is -0.144. The van der Waals surface area contributed by atoms with Crippen molar-refractivity contribution < 1.29 is 14.3 Å². The summed E-state index contributed by atoms with van der Waals surface area (Å²) in [7, 11) is 1.30. The van der Waals surface area contributed by atoms with Gasteiger partial charge in [-0.2, -0.15) is 0 Å². The van der Waals surface area contributed by atoms with Crippen molar-refractivity contribution >= 4 is 11.9 Å². The molecule has 1 atom stereocenters. The van der Waals surface area contributed by atoms with Crippen LogP contribution in [0.3, 0.4) is 0 Å². The van der Waals surface area contributed by atoms with Crippen molar-refractivity contribution in [2.24, 2.45) is 0 Å². The number of benzene rings is 3. The van der Waals surface area contributed by atoms with Crippen LogP contribution >= 0.6 is 0 Å². The number of aromatic nitrogens is 2. The van der Waals surface area contributed by atoms with Crippen LogP contribution in [0.1, 0.15) is 12.6 Å². The second-order valence-corrected chi connectivity index (χ2v) is 7.69. The predicted molar refractivity (Wildman–Crippen MR) is 128 cm³/mol. The number of carbonyl (C=O) groups excluding carboxylic acids is 2. The van der Waals surface area contributed by atoms with Gasteiger partial charge >= 0.3 is 5.97 Å². The molecular weight excluding hydrogens is 414 g/mol. The van der Waals surface area contributed by atoms with Crippen molar-refractivity contribution in [3.05, 3.63) is 96.8 Å². The van der Waals surface area contributed by atoms with Gasteiger partial charge in [-0.25, -0.2) is 9.78 Å². The highest BCUT2D eigenvalue weighted by Gasteiger charge is 2.23. The zero-order valence-corrected chi connectivity index (χ0v) is 18.6. The van der Waals surface area contributed by atoms with Crippen LogP contribution in [0.4, 0.5) is 0 Å². The van der Waals surface area contributed by atoms with E-state index < -0.39 is 12.0 Å². The quantitative estimate of drug-likeness (QED) is 0.433. The third kappa shape index (κ3) is 5.18. The minimum absolute atomic E-state index is 0.223. The van der Waals surface area contributed by atoms with E-state index in [2.05, 4.69) is 29.6 Å². The number of ether oxygens (including phenoxy) is 1. The van der Waals surface area contributed by atoms with Gasteiger partial charge in [-0.05, 0) is 23.3 Å². The average Bonchev–Trinajstić information content (AvgIpc) is 3.28. The number of para-hydroxylation sites is 1. The molecule has 0 radical (unpaired) electrons. The summed E-state index contributed by atoms with van der Waals surface area (Å²) in [6.45, 7) is 1.37. The van der Waals surface area contributed by atoms with E-state index in [4.69, 9.17) is 9.72 Å². The number of imidazole rings is 1. The van der Waals surface area contributed by atoms with Crippen molar-refractivity contribution in [2.45, 2.75) is 19.4 Å². The first kappa shape index (κ1) is 22.0. The number of amides is 1. The van der Waals surface area contributed by atoms with Crippen LogP contribution in [0.5, 0.6) is 0 Å². The molecule has 0 bridgehead atoms. The molecule has 0 aliphatic rings. The van der Waals surface area contributed by atoms with E-state index in [0.29, 0.717) is 5.69 Å². The Kier molecular flexibility index (Phi) is 6.64. The summed E-state index contributed by atoms with van der Waals surface area (Å²) < 4.78 is 6.85. The highest BCUT2D eigenvalue weighted by molar-refractivity contribution is 5.83. The Morgan fingerprint density at radius 3 is 2.06 bits per heavy atom. The van der Waals surface area contributed by atoms with Gasteiger partial charge in [0.1, 0.15) is 11.9 Å². The number of nitrogens with zero attached hydrogens (tertiary/aromatic N) is 2. The number of rotatable bonds is 7. The maximum Gasteiger partial charge on any atom is 0.328 e. The summed E-state index contributed by atoms with van der Waals surface area (Å²) >= 11 is 0. The molecule has 1 heterocycles. The monoisotopic (exact) mass is 439 g/mol. The lowest BCUT2D eigenvalue weighted by Gasteiger charge is -2.13. The molecule has 0 aliphatic carbocycles. The number of hydrogen-bond donors (Lipinski definition) is 1. The molecule has 0 spiro atoms. The zero-order valence-electron chi connectivity index (χ0n) is 18.6. The van der Waals surface area contributed by atoms with Gasteiger partial charge in [-0.1, -0.05) is 72.8 Å². The lowest BCUT2D eigenvalue weighted by atomic mass is 10.0. The van der Waals surface area contributed by atoms with Gasteiger partial charge in [0.05, 0.1) is 12.8 Å². The Morgan fingerprint density at radius 2 is 1.45 bits per heavy atom. The molecule has 3 aromatic carbocycles. The zero-order chi connectivity index (χ0) is 23.2. The van der Waals surface area contributed by atoms with Crippen LogP contribution in [-0.2, 0) is 20.7 Å². The largest absolute Gasteiger partial charge is 0.467 e. The molecule has 4 rings (SSSR count). The summed E-state index contributed by atoms with van der Waals surface area (Å²) in [4.78, 5) is 28.6. The smallest absolute Gasteiger partial charge is 0.328 e. The van der Waals surface area contributed by atoms with E-state index in [0.717, 1.165) is 28.2 Å². The topological polar surface area (TPSA) is 73.2 Å². The summed E-state index contributed by atoms with van der Waals surface area (Å²) in [5.74, 6) is -0.0555. The maximum atomic E-state index is 12.2. The molecule has 0 aliphatic heterocycles. The molecular formula is C27H25N3O3. The second-order valence-electron chi connectivity index (χ2n) is 7.69. The van der Waals surface area contributed by atoms with Crippen molar-refractivity contribution in [2.75, 3.05) is 7.11 Å². The fourth-order valence-electron chi connectivity index (χ4n) is 3.75. The lowest BCUT2D eigenvalue weighted by Crippen LogP contribution is -2.42. The molecule has 6 heteroatoms. The Hall–Kier alpha value is -4.19. The second kappa shape index (κ2) is 9.96. The fourth-order valence-corrected chi connectivity index (χ4v) is 3.75. The first-order valence-corrected chi connectivity index (χ1v) is 10.7. The molecule has 1 amide bonds. The standard InChI is InChI=1S/C27H25N3O3/c1-19(31)28-25(27(32)33-2)17-23-18-30(24-11-7-4-8-12-24)26(29-23)22-15-13-21(14-16-22)20-9-5-3-6-10-20/h3-16,18,25H,17H2,1-2H3,(H,28,31)/t25-/m0/s1. The Balaban J connectivity index is 1.71. The molecule has 166 valence electrons. The van der Waals surface area contributed by atoms with Gasteiger partial charge in [-0.15, -0.1) is 0 Å². The molecule has 1 aromatic heterocycles. The van der Waals surface area contributed by atoms with Gasteiger partial charge < -0.3 is 10.1 Å². The van der Waals surface area contributed by atoms with Gasteiger partial charge in [0.15, 0.2) is 0 Å². The molecule has 1 N–H and O–H groups in total. The third-order valence-electron chi connectivity index (χ3n) is 5.32. The van der Waals surface area contributed by atoms with E-state index >= 15 is 0 Å². The first-order valence-electron chi connectivity index (χ1n) is 10.7. The Morgan fingerprint density at radius 1 is 0.879 bits per heavy atom. The van der Waals surface area contributed by atoms with Gasteiger partial charge in [-0.3, -0.25) is 9.36 Å². The highest BCUT2D eigenvalue weighted by Crippen LogP contribution is 2.27. The minimum Gasteiger partial charge on any atom is -0.467 e. The van der Waals surface area contributed by atoms with Crippen LogP contribution in [0.15, 0.2) is 91.1 Å². The number of hydrogen-bond acceptors (Lipinski definition) is 4. The van der Waals surface area contributed by atoms with Crippen LogP contribution < -0.4 is 5.32 Å². The third-order valence-corrected chi connectivity index (χ3v) is 5.32. The first-order chi connectivity index (χ1) is 16.0. The van der Waals surface area contributed by atoms with Crippen molar-refractivity contribution in [1.82, 2.24) is 14.9 Å². The fraction of sp³-hybridized carbons (Fsp3) is 0.148. The van der Waals surface area contributed by atoms with Crippen molar-refractivity contribution in [3.63, 3.8) is 0 Å². The van der Waals surface area contributed by atoms with Crippen molar-refractivity contribution in [3.8, 4) is 28.2 Å². The molecule has 0 unspecified atom stereocenters. The molecule has 33 heavy (non-hydrogen) atoms. The van der Waals surface area contributed by atoms with Gasteiger partial charge in [0.2, 0.25) is 5.91 Å². The van der Waals surface area contributed by atoms with E-state index in [-0.39, 0.29) is 12.3 Å². The maximum absolute atomic E-state index is 12.2. The normalized spacial score (nSPS) is 11.6. The number of esters is 1. The molecule has 0 saturated heterocycles. The number of methoxy groups -OCH3 is 1. The van der Waals surface area contributed by atoms with Crippen LogP contribution in [0.2, 0.25) is 0 Å². The Labute approximate surface area is 192 Å². The Bertz CT molecular complexity index is 1230. The predicted octanol–water partition coefficient (Wildman–Crippen LogP) is 4.43. The number of carbonyl (C=O) groups is 2. The van der Waals surface area contributed by atoms with Gasteiger partial charge in [0.25, 0.3) is 0 Å². The highest BCUT2D eigenvalue weighted by atomic mass is 16.5. The number of nitrogens with one attached hydrogen (secondary N) is 1. The van der Waals surface area contributed by atoms with Crippen LogP contribution in [-0.4, -0.2) is 34.6 Å². The molecule has 6 nitrogen and oxygen atoms in total. The van der Waals surface area contributed by atoms with E-state index in [1.54, 1.807) is 0 Å². The molecule has 4 aromatic rings. The summed E-state index contributed by atoms with van der Waals surface area (Å²) in [6, 6.07) is 27.5. The van der Waals surface area contributed by atoms with Crippen molar-refractivity contribution in [1.29, 1.82) is 0 Å². The van der Waals surface area contributed by atoms with Crippen LogP contribution in [0.25, 0.3) is 28.2 Å². The van der Waals surface area contributed by atoms with E-state index in [1.807, 2.05) is 71.4 Å². The van der Waals surface area contributed by atoms with Crippen LogP contribution in [0, 0.1) is 0 Å². The van der Waals surface area contributed by atoms with E-state index in [9.17, 15) is 9.59 Å². The van der Waals surface area contributed by atoms with E-state index in [1.165, 1.54) is 14.0 Å². The summed E-state index contributed by atoms with van der Waals surface area (Å²) in [6.07, 6.45) is 2.12. The SMILES string of the molecule is COC(=O)[C@H](Cc1cn(-c2ccccc2)c(-c2ccc(-c3ccccc3)cc2)n1)NC(C)=O. The molecule has 0 saturated carbocycles. The summed E-state index contributed by atoms with van der Waals surface area (Å²) in [5, 5.41) is 2.65. The molecule has 0 fully saturated rings. The summed E-state index contributed by atoms with van der Waals surface area (Å²) in [5.41, 5.74) is 4.83. The van der Waals surface area contributed by atoms with Gasteiger partial charge in [0, 0.05) is 30.8 Å². The minimum atomic E-state index is -0.806. The average molecular weight is 440 g/mol.